The Morgan fingerprint density at radius 1 is 0.892 bits per heavy atom. The topological polar surface area (TPSA) is 87.5 Å². The second kappa shape index (κ2) is 8.80. The molecular weight excluding hydrogens is 508 g/mol. The fourth-order valence-electron chi connectivity index (χ4n) is 3.61. The highest BCUT2D eigenvalue weighted by Crippen LogP contribution is 2.32. The van der Waals surface area contributed by atoms with E-state index >= 15 is 0 Å². The van der Waals surface area contributed by atoms with Gasteiger partial charge in [0.1, 0.15) is 12.3 Å². The van der Waals surface area contributed by atoms with Gasteiger partial charge in [-0.05, 0) is 60.2 Å². The Hall–Kier alpha value is -4.62. The quantitative estimate of drug-likeness (QED) is 0.297. The predicted molar refractivity (Wildman–Crippen MR) is 115 cm³/mol. The Kier molecular flexibility index (Phi) is 5.73. The molecule has 0 aliphatic carbocycles. The third-order valence-corrected chi connectivity index (χ3v) is 5.18. The van der Waals surface area contributed by atoms with Crippen LogP contribution in [0.15, 0.2) is 76.0 Å². The molecule has 0 radical (unpaired) electrons. The molecule has 0 atom stereocenters. The van der Waals surface area contributed by atoms with E-state index < -0.39 is 29.5 Å². The van der Waals surface area contributed by atoms with Crippen LogP contribution in [0.4, 0.5) is 26.3 Å². The van der Waals surface area contributed by atoms with Crippen LogP contribution < -0.4 is 10.4 Å². The van der Waals surface area contributed by atoms with Crippen LogP contribution in [-0.2, 0) is 12.7 Å². The number of fused-ring (bicyclic) bond motifs is 1. The van der Waals surface area contributed by atoms with E-state index in [0.29, 0.717) is 11.3 Å². The van der Waals surface area contributed by atoms with Crippen molar-refractivity contribution in [2.45, 2.75) is 19.1 Å². The van der Waals surface area contributed by atoms with Crippen molar-refractivity contribution in [1.82, 2.24) is 24.3 Å². The average Bonchev–Trinajstić information content (AvgIpc) is 3.43. The molecule has 3 aromatic heterocycles. The van der Waals surface area contributed by atoms with E-state index in [2.05, 4.69) is 20.0 Å². The smallest absolute Gasteiger partial charge is 0.406 e. The minimum atomic E-state index is -4.84. The lowest BCUT2D eigenvalue weighted by Gasteiger charge is -2.09. The summed E-state index contributed by atoms with van der Waals surface area (Å²) in [7, 11) is 0. The zero-order chi connectivity index (χ0) is 26.4. The summed E-state index contributed by atoms with van der Waals surface area (Å²) in [5.74, 6) is -0.590. The highest BCUT2D eigenvalue weighted by atomic mass is 19.4. The predicted octanol–water partition coefficient (Wildman–Crippen LogP) is 5.18. The zero-order valence-corrected chi connectivity index (χ0v) is 18.3. The van der Waals surface area contributed by atoms with Gasteiger partial charge in [-0.25, -0.2) is 13.9 Å². The molecule has 37 heavy (non-hydrogen) atoms. The summed E-state index contributed by atoms with van der Waals surface area (Å²) in [5.41, 5.74) is -0.424. The van der Waals surface area contributed by atoms with Crippen LogP contribution in [0.1, 0.15) is 11.4 Å². The number of hydrogen-bond acceptors (Lipinski definition) is 6. The lowest BCUT2D eigenvalue weighted by atomic mass is 10.1. The van der Waals surface area contributed by atoms with Crippen LogP contribution in [0.2, 0.25) is 0 Å². The van der Waals surface area contributed by atoms with Crippen LogP contribution in [-0.4, -0.2) is 30.7 Å². The van der Waals surface area contributed by atoms with Gasteiger partial charge in [-0.2, -0.15) is 18.2 Å². The number of benzene rings is 2. The molecule has 14 heteroatoms. The maximum absolute atomic E-state index is 13.1. The molecule has 8 nitrogen and oxygen atoms in total. The second-order valence-electron chi connectivity index (χ2n) is 7.71. The van der Waals surface area contributed by atoms with Crippen molar-refractivity contribution >= 4 is 5.65 Å². The van der Waals surface area contributed by atoms with Gasteiger partial charge in [0, 0.05) is 5.56 Å². The van der Waals surface area contributed by atoms with Gasteiger partial charge in [0.15, 0.2) is 11.5 Å². The highest BCUT2D eigenvalue weighted by molar-refractivity contribution is 5.64. The summed E-state index contributed by atoms with van der Waals surface area (Å²) in [6.07, 6.45) is -9.39. The molecule has 5 rings (SSSR count). The van der Waals surface area contributed by atoms with E-state index in [1.54, 1.807) is 18.2 Å². The van der Waals surface area contributed by atoms with Gasteiger partial charge in [0.25, 0.3) is 5.89 Å². The molecule has 0 spiro atoms. The van der Waals surface area contributed by atoms with Gasteiger partial charge in [-0.1, -0.05) is 17.3 Å². The van der Waals surface area contributed by atoms with Crippen molar-refractivity contribution in [2.24, 2.45) is 0 Å². The first-order valence-electron chi connectivity index (χ1n) is 10.4. The van der Waals surface area contributed by atoms with Gasteiger partial charge < -0.3 is 9.26 Å². The summed E-state index contributed by atoms with van der Waals surface area (Å²) < 4.78 is 87.5. The monoisotopic (exact) mass is 521 g/mol. The lowest BCUT2D eigenvalue weighted by Crippen LogP contribution is -2.23. The van der Waals surface area contributed by atoms with E-state index in [-0.39, 0.29) is 29.5 Å². The van der Waals surface area contributed by atoms with Crippen molar-refractivity contribution in [3.8, 4) is 28.5 Å². The fraction of sp³-hybridized carbons (Fsp3) is 0.130. The number of ether oxygens (including phenoxy) is 1. The molecule has 0 saturated carbocycles. The molecule has 0 aliphatic rings. The van der Waals surface area contributed by atoms with E-state index in [1.165, 1.54) is 28.7 Å². The molecule has 0 N–H and O–H groups in total. The molecule has 0 fully saturated rings. The van der Waals surface area contributed by atoms with Crippen molar-refractivity contribution in [3.63, 3.8) is 0 Å². The van der Waals surface area contributed by atoms with Crippen LogP contribution in [0.25, 0.3) is 28.4 Å². The Morgan fingerprint density at radius 3 is 2.32 bits per heavy atom. The molecule has 0 bridgehead atoms. The Balaban J connectivity index is 1.44. The summed E-state index contributed by atoms with van der Waals surface area (Å²) in [6.45, 7) is -0.249. The number of aromatic nitrogens is 5. The minimum Gasteiger partial charge on any atom is -0.406 e. The van der Waals surface area contributed by atoms with E-state index in [9.17, 15) is 31.1 Å². The summed E-state index contributed by atoms with van der Waals surface area (Å²) in [6, 6.07) is 14.1. The number of rotatable bonds is 5. The SMILES string of the molecule is O=c1n(Cc2noc(-c3cccc(C(F)(F)F)c3)n2)nc2cccc(-c3ccc(OC(F)(F)F)cc3)n12. The van der Waals surface area contributed by atoms with Gasteiger partial charge in [0.2, 0.25) is 0 Å². The minimum absolute atomic E-state index is 0.00637. The molecule has 2 aromatic carbocycles. The third-order valence-electron chi connectivity index (χ3n) is 5.18. The highest BCUT2D eigenvalue weighted by Gasteiger charge is 2.31. The van der Waals surface area contributed by atoms with Crippen molar-refractivity contribution < 1.29 is 35.6 Å². The number of nitrogens with zero attached hydrogens (tertiary/aromatic N) is 5. The first-order valence-corrected chi connectivity index (χ1v) is 10.4. The van der Waals surface area contributed by atoms with Crippen molar-refractivity contribution in [1.29, 1.82) is 0 Å². The average molecular weight is 521 g/mol. The maximum Gasteiger partial charge on any atom is 0.573 e. The van der Waals surface area contributed by atoms with Crippen LogP contribution in [0.3, 0.4) is 0 Å². The molecule has 0 unspecified atom stereocenters. The number of hydrogen-bond donors (Lipinski definition) is 0. The Bertz CT molecular complexity index is 1630. The molecule has 0 amide bonds. The normalized spacial score (nSPS) is 12.3. The van der Waals surface area contributed by atoms with Crippen LogP contribution >= 0.6 is 0 Å². The Morgan fingerprint density at radius 2 is 1.62 bits per heavy atom. The van der Waals surface area contributed by atoms with Crippen molar-refractivity contribution in [2.75, 3.05) is 0 Å². The van der Waals surface area contributed by atoms with E-state index in [0.717, 1.165) is 28.9 Å². The van der Waals surface area contributed by atoms with E-state index in [1.807, 2.05) is 0 Å². The first kappa shape index (κ1) is 24.1. The molecule has 5 aromatic rings. The summed E-state index contributed by atoms with van der Waals surface area (Å²) in [4.78, 5) is 17.2. The third kappa shape index (κ3) is 5.03. The standard InChI is InChI=1S/C23H13F6N5O3/c24-22(25,26)15-4-1-3-14(11-15)20-30-18(32-37-20)12-33-21(35)34-17(5-2-6-19(34)31-33)13-7-9-16(10-8-13)36-23(27,28)29/h1-11H,12H2. The van der Waals surface area contributed by atoms with Crippen molar-refractivity contribution in [3.05, 3.63) is 88.6 Å². The number of alkyl halides is 6. The van der Waals surface area contributed by atoms with E-state index in [4.69, 9.17) is 4.52 Å². The first-order chi connectivity index (χ1) is 17.5. The fourth-order valence-corrected chi connectivity index (χ4v) is 3.61. The van der Waals surface area contributed by atoms with Gasteiger partial charge in [-0.3, -0.25) is 0 Å². The second-order valence-corrected chi connectivity index (χ2v) is 7.71. The number of pyridine rings is 1. The van der Waals surface area contributed by atoms with Gasteiger partial charge in [-0.15, -0.1) is 18.3 Å². The maximum atomic E-state index is 13.1. The van der Waals surface area contributed by atoms with Crippen LogP contribution in [0.5, 0.6) is 5.75 Å². The van der Waals surface area contributed by atoms with Crippen LogP contribution in [0, 0.1) is 0 Å². The summed E-state index contributed by atoms with van der Waals surface area (Å²) in [5, 5.41) is 7.94. The number of halogens is 6. The Labute approximate surface area is 202 Å². The zero-order valence-electron chi connectivity index (χ0n) is 18.3. The lowest BCUT2D eigenvalue weighted by molar-refractivity contribution is -0.274. The molecule has 0 aliphatic heterocycles. The molecule has 190 valence electrons. The molecule has 3 heterocycles. The van der Waals surface area contributed by atoms with Gasteiger partial charge >= 0.3 is 18.2 Å². The molecule has 0 saturated heterocycles. The molecular formula is C23H13F6N5O3. The summed E-state index contributed by atoms with van der Waals surface area (Å²) >= 11 is 0. The largest absolute Gasteiger partial charge is 0.573 e. The van der Waals surface area contributed by atoms with Gasteiger partial charge in [0.05, 0.1) is 11.3 Å².